The van der Waals surface area contributed by atoms with E-state index in [2.05, 4.69) is 10.3 Å². The smallest absolute Gasteiger partial charge is 0.184 e. The van der Waals surface area contributed by atoms with Gasteiger partial charge in [0.25, 0.3) is 0 Å². The first-order chi connectivity index (χ1) is 12.5. The molecule has 0 aliphatic heterocycles. The molecule has 0 bridgehead atoms. The molecule has 0 fully saturated rings. The molecule has 0 saturated carbocycles. The number of benzene rings is 2. The quantitative estimate of drug-likeness (QED) is 0.658. The van der Waals surface area contributed by atoms with Crippen molar-refractivity contribution >= 4 is 11.6 Å². The Hall–Kier alpha value is -3.48. The summed E-state index contributed by atoms with van der Waals surface area (Å²) in [4.78, 5) is 23.4. The molecule has 0 atom stereocenters. The predicted octanol–water partition coefficient (Wildman–Crippen LogP) is 2.65. The molecule has 3 aromatic rings. The Morgan fingerprint density at radius 2 is 1.69 bits per heavy atom. The van der Waals surface area contributed by atoms with E-state index in [9.17, 15) is 14.7 Å². The molecule has 1 aromatic heterocycles. The highest BCUT2D eigenvalue weighted by atomic mass is 16.5. The highest BCUT2D eigenvalue weighted by molar-refractivity contribution is 5.96. The summed E-state index contributed by atoms with van der Waals surface area (Å²) in [5.74, 6) is 0.586. The fourth-order valence-electron chi connectivity index (χ4n) is 2.31. The van der Waals surface area contributed by atoms with Crippen LogP contribution < -0.4 is 4.74 Å². The molecule has 7 heteroatoms. The molecule has 0 spiro atoms. The normalized spacial score (nSPS) is 10.5. The molecule has 0 unspecified atom stereocenters. The van der Waals surface area contributed by atoms with E-state index in [1.807, 2.05) is 0 Å². The number of ketones is 2. The van der Waals surface area contributed by atoms with E-state index in [1.165, 1.54) is 23.7 Å². The van der Waals surface area contributed by atoms with Gasteiger partial charge in [-0.05, 0) is 55.5 Å². The minimum Gasteiger partial charge on any atom is -0.508 e. The summed E-state index contributed by atoms with van der Waals surface area (Å²) in [6, 6.07) is 12.9. The third-order valence-corrected chi connectivity index (χ3v) is 3.73. The number of Topliss-reactive ketones (excluding diaryl/α,β-unsaturated/α-hetero) is 2. The number of hydrogen-bond donors (Lipinski definition) is 1. The first-order valence-corrected chi connectivity index (χ1v) is 7.96. The van der Waals surface area contributed by atoms with Crippen molar-refractivity contribution in [2.75, 3.05) is 0 Å². The van der Waals surface area contributed by atoms with Gasteiger partial charge in [-0.2, -0.15) is 0 Å². The van der Waals surface area contributed by atoms with Crippen molar-refractivity contribution in [3.63, 3.8) is 0 Å². The SMILES string of the molecule is CC(=O)c1ccc(OCc2cn(CC(=O)c3ccc(O)cc3)nn2)cc1. The van der Waals surface area contributed by atoms with Crippen LogP contribution in [0.5, 0.6) is 11.5 Å². The predicted molar refractivity (Wildman–Crippen MR) is 93.2 cm³/mol. The maximum atomic E-state index is 12.2. The second kappa shape index (κ2) is 7.60. The van der Waals surface area contributed by atoms with E-state index in [-0.39, 0.29) is 30.5 Å². The largest absolute Gasteiger partial charge is 0.508 e. The van der Waals surface area contributed by atoms with Crippen molar-refractivity contribution < 1.29 is 19.4 Å². The van der Waals surface area contributed by atoms with Gasteiger partial charge in [0.15, 0.2) is 11.6 Å². The number of carbonyl (C=O) groups excluding carboxylic acids is 2. The van der Waals surface area contributed by atoms with Gasteiger partial charge in [0.05, 0.1) is 6.20 Å². The van der Waals surface area contributed by atoms with Gasteiger partial charge in [-0.25, -0.2) is 4.68 Å². The van der Waals surface area contributed by atoms with Crippen molar-refractivity contribution in [2.45, 2.75) is 20.1 Å². The average Bonchev–Trinajstić information content (AvgIpc) is 3.08. The molecule has 2 aromatic carbocycles. The van der Waals surface area contributed by atoms with Crippen LogP contribution in [0.25, 0.3) is 0 Å². The molecule has 0 aliphatic carbocycles. The summed E-state index contributed by atoms with van der Waals surface area (Å²) in [5.41, 5.74) is 1.69. The summed E-state index contributed by atoms with van der Waals surface area (Å²) in [5, 5.41) is 17.2. The Morgan fingerprint density at radius 1 is 1.04 bits per heavy atom. The van der Waals surface area contributed by atoms with Gasteiger partial charge in [-0.1, -0.05) is 5.21 Å². The molecule has 0 aliphatic rings. The van der Waals surface area contributed by atoms with Crippen LogP contribution in [-0.2, 0) is 13.2 Å². The lowest BCUT2D eigenvalue weighted by molar-refractivity contribution is 0.0965. The third-order valence-electron chi connectivity index (χ3n) is 3.73. The van der Waals surface area contributed by atoms with E-state index < -0.39 is 0 Å². The van der Waals surface area contributed by atoms with Gasteiger partial charge >= 0.3 is 0 Å². The number of aromatic hydroxyl groups is 1. The Morgan fingerprint density at radius 3 is 2.35 bits per heavy atom. The molecule has 0 radical (unpaired) electrons. The maximum absolute atomic E-state index is 12.2. The van der Waals surface area contributed by atoms with Crippen LogP contribution in [0.3, 0.4) is 0 Å². The lowest BCUT2D eigenvalue weighted by atomic mass is 10.1. The molecule has 0 saturated heterocycles. The topological polar surface area (TPSA) is 94.3 Å². The Balaban J connectivity index is 1.56. The molecule has 26 heavy (non-hydrogen) atoms. The molecule has 0 amide bonds. The van der Waals surface area contributed by atoms with Crippen LogP contribution in [0.2, 0.25) is 0 Å². The highest BCUT2D eigenvalue weighted by Crippen LogP contribution is 2.14. The van der Waals surface area contributed by atoms with Crippen LogP contribution in [-0.4, -0.2) is 31.7 Å². The minimum absolute atomic E-state index is 0.00205. The zero-order valence-electron chi connectivity index (χ0n) is 14.1. The Labute approximate surface area is 149 Å². The van der Waals surface area contributed by atoms with Crippen LogP contribution in [0, 0.1) is 0 Å². The van der Waals surface area contributed by atoms with Crippen LogP contribution in [0.15, 0.2) is 54.7 Å². The monoisotopic (exact) mass is 351 g/mol. The molecule has 1 heterocycles. The standard InChI is InChI=1S/C19H17N3O4/c1-13(23)14-4-8-18(9-5-14)26-12-16-10-22(21-20-16)11-19(25)15-2-6-17(24)7-3-15/h2-10,24H,11-12H2,1H3. The number of aromatic nitrogens is 3. The first kappa shape index (κ1) is 17.3. The number of nitrogens with zero attached hydrogens (tertiary/aromatic N) is 3. The third kappa shape index (κ3) is 4.32. The summed E-state index contributed by atoms with van der Waals surface area (Å²) in [6.45, 7) is 1.76. The van der Waals surface area contributed by atoms with E-state index in [0.717, 1.165) is 0 Å². The Kier molecular flexibility index (Phi) is 5.07. The van der Waals surface area contributed by atoms with Crippen molar-refractivity contribution in [2.24, 2.45) is 0 Å². The summed E-state index contributed by atoms with van der Waals surface area (Å²) < 4.78 is 7.04. The Bertz CT molecular complexity index is 915. The van der Waals surface area contributed by atoms with E-state index >= 15 is 0 Å². The van der Waals surface area contributed by atoms with Crippen molar-refractivity contribution in [3.05, 3.63) is 71.5 Å². The van der Waals surface area contributed by atoms with Gasteiger partial charge < -0.3 is 9.84 Å². The number of phenolic OH excluding ortho intramolecular Hbond substituents is 1. The van der Waals surface area contributed by atoms with Gasteiger partial charge in [0.1, 0.15) is 30.3 Å². The summed E-state index contributed by atoms with van der Waals surface area (Å²) in [7, 11) is 0. The van der Waals surface area contributed by atoms with Crippen LogP contribution in [0.1, 0.15) is 33.3 Å². The lowest BCUT2D eigenvalue weighted by Gasteiger charge is -2.04. The molecular weight excluding hydrogens is 334 g/mol. The minimum atomic E-state index is -0.137. The molecule has 3 rings (SSSR count). The molecular formula is C19H17N3O4. The van der Waals surface area contributed by atoms with Gasteiger partial charge in [-0.15, -0.1) is 5.10 Å². The highest BCUT2D eigenvalue weighted by Gasteiger charge is 2.09. The fraction of sp³-hybridized carbons (Fsp3) is 0.158. The number of hydrogen-bond acceptors (Lipinski definition) is 6. The molecule has 1 N–H and O–H groups in total. The van der Waals surface area contributed by atoms with Gasteiger partial charge in [0, 0.05) is 11.1 Å². The van der Waals surface area contributed by atoms with Crippen LogP contribution >= 0.6 is 0 Å². The number of rotatable bonds is 7. The lowest BCUT2D eigenvalue weighted by Crippen LogP contribution is -2.10. The van der Waals surface area contributed by atoms with Crippen molar-refractivity contribution in [3.8, 4) is 11.5 Å². The number of ether oxygens (including phenoxy) is 1. The zero-order valence-corrected chi connectivity index (χ0v) is 14.1. The van der Waals surface area contributed by atoms with Gasteiger partial charge in [0.2, 0.25) is 0 Å². The maximum Gasteiger partial charge on any atom is 0.184 e. The number of carbonyl (C=O) groups is 2. The second-order valence-corrected chi connectivity index (χ2v) is 5.75. The van der Waals surface area contributed by atoms with E-state index in [0.29, 0.717) is 22.6 Å². The number of phenols is 1. The van der Waals surface area contributed by atoms with Crippen molar-refractivity contribution in [1.82, 2.24) is 15.0 Å². The second-order valence-electron chi connectivity index (χ2n) is 5.75. The van der Waals surface area contributed by atoms with E-state index in [4.69, 9.17) is 4.74 Å². The zero-order chi connectivity index (χ0) is 18.5. The first-order valence-electron chi connectivity index (χ1n) is 7.96. The van der Waals surface area contributed by atoms with Crippen molar-refractivity contribution in [1.29, 1.82) is 0 Å². The fourth-order valence-corrected chi connectivity index (χ4v) is 2.31. The molecule has 7 nitrogen and oxygen atoms in total. The summed E-state index contributed by atoms with van der Waals surface area (Å²) in [6.07, 6.45) is 1.64. The van der Waals surface area contributed by atoms with E-state index in [1.54, 1.807) is 42.6 Å². The summed E-state index contributed by atoms with van der Waals surface area (Å²) >= 11 is 0. The van der Waals surface area contributed by atoms with Gasteiger partial charge in [-0.3, -0.25) is 9.59 Å². The molecule has 132 valence electrons. The van der Waals surface area contributed by atoms with Crippen LogP contribution in [0.4, 0.5) is 0 Å². The average molecular weight is 351 g/mol.